The molecule has 1 aromatic rings. The van der Waals surface area contributed by atoms with E-state index in [0.717, 1.165) is 0 Å². The maximum atomic E-state index is 2.54. The fraction of sp³-hybridized carbons (Fsp3) is 0.500. The fourth-order valence-corrected chi connectivity index (χ4v) is 5.23. The third-order valence-electron chi connectivity index (χ3n) is 3.26. The lowest BCUT2D eigenvalue weighted by atomic mass is 10.5. The minimum absolute atomic E-state index is 1.05. The van der Waals surface area contributed by atoms with Crippen LogP contribution in [0, 0.1) is 0 Å². The number of thiophene rings is 1. The Balaban J connectivity index is 2.73. The van der Waals surface area contributed by atoms with E-state index in [1.165, 1.54) is 23.0 Å². The third-order valence-corrected chi connectivity index (χ3v) is 9.19. The summed E-state index contributed by atoms with van der Waals surface area (Å²) in [5, 5.41) is 2.15. The van der Waals surface area contributed by atoms with Crippen molar-refractivity contribution in [2.24, 2.45) is 0 Å². The van der Waals surface area contributed by atoms with Crippen molar-refractivity contribution < 1.29 is 0 Å². The van der Waals surface area contributed by atoms with Crippen LogP contribution < -0.4 is 0 Å². The van der Waals surface area contributed by atoms with Gasteiger partial charge < -0.3 is 0 Å². The lowest BCUT2D eigenvalue weighted by molar-refractivity contribution is 1.20. The summed E-state index contributed by atoms with van der Waals surface area (Å²) in [5.74, 6) is 0. The van der Waals surface area contributed by atoms with Gasteiger partial charge in [-0.2, -0.15) is 0 Å². The van der Waals surface area contributed by atoms with Crippen LogP contribution in [0.25, 0.3) is 6.08 Å². The summed E-state index contributed by atoms with van der Waals surface area (Å²) in [6.45, 7) is 7.04. The molecular formula is C12H20SSi. The van der Waals surface area contributed by atoms with Gasteiger partial charge in [0.25, 0.3) is 0 Å². The number of hydrogen-bond acceptors (Lipinski definition) is 1. The van der Waals surface area contributed by atoms with E-state index in [0.29, 0.717) is 0 Å². The molecule has 1 rings (SSSR count). The first-order chi connectivity index (χ1) is 6.76. The lowest BCUT2D eigenvalue weighted by Gasteiger charge is -2.23. The van der Waals surface area contributed by atoms with Crippen molar-refractivity contribution in [3.63, 3.8) is 0 Å². The SMILES string of the molecule is CC[Si](/C=C/c1cccs1)(CC)CC. The zero-order chi connectivity index (χ0) is 10.4. The first-order valence-corrected chi connectivity index (χ1v) is 9.07. The quantitative estimate of drug-likeness (QED) is 0.630. The van der Waals surface area contributed by atoms with Crippen molar-refractivity contribution >= 4 is 25.5 Å². The number of rotatable bonds is 5. The highest BCUT2D eigenvalue weighted by molar-refractivity contribution is 7.11. The topological polar surface area (TPSA) is 0 Å². The highest BCUT2D eigenvalue weighted by Gasteiger charge is 2.22. The Morgan fingerprint density at radius 2 is 1.86 bits per heavy atom. The van der Waals surface area contributed by atoms with Crippen LogP contribution in [0.4, 0.5) is 0 Å². The Hall–Kier alpha value is -0.343. The standard InChI is InChI=1S/C12H20SSi/c1-4-14(5-2,6-3)11-9-12-8-7-10-13-12/h7-11H,4-6H2,1-3H3/b11-9+. The van der Waals surface area contributed by atoms with Crippen LogP contribution in [-0.2, 0) is 0 Å². The Bertz CT molecular complexity index is 262. The summed E-state index contributed by atoms with van der Waals surface area (Å²) in [6.07, 6.45) is 2.34. The van der Waals surface area contributed by atoms with Gasteiger partial charge in [-0.15, -0.1) is 11.3 Å². The van der Waals surface area contributed by atoms with E-state index in [1.807, 2.05) is 11.3 Å². The molecule has 2 heteroatoms. The van der Waals surface area contributed by atoms with Crippen LogP contribution in [0.3, 0.4) is 0 Å². The summed E-state index contributed by atoms with van der Waals surface area (Å²) in [7, 11) is -1.05. The molecule has 0 spiro atoms. The maximum absolute atomic E-state index is 2.54. The average Bonchev–Trinajstić information content (AvgIpc) is 2.74. The normalized spacial score (nSPS) is 12.5. The van der Waals surface area contributed by atoms with Crippen molar-refractivity contribution in [2.45, 2.75) is 38.9 Å². The molecule has 0 bridgehead atoms. The van der Waals surface area contributed by atoms with Crippen molar-refractivity contribution in [2.75, 3.05) is 0 Å². The molecule has 0 aromatic carbocycles. The van der Waals surface area contributed by atoms with Crippen molar-refractivity contribution in [3.8, 4) is 0 Å². The molecule has 0 aliphatic rings. The minimum Gasteiger partial charge on any atom is -0.145 e. The fourth-order valence-electron chi connectivity index (χ4n) is 1.75. The van der Waals surface area contributed by atoms with Crippen LogP contribution >= 0.6 is 11.3 Å². The van der Waals surface area contributed by atoms with Crippen LogP contribution in [0.5, 0.6) is 0 Å². The van der Waals surface area contributed by atoms with Crippen LogP contribution in [-0.4, -0.2) is 8.07 Å². The molecule has 0 radical (unpaired) electrons. The maximum Gasteiger partial charge on any atom is 0.0770 e. The number of hydrogen-bond donors (Lipinski definition) is 0. The molecule has 78 valence electrons. The zero-order valence-corrected chi connectivity index (χ0v) is 11.2. The van der Waals surface area contributed by atoms with E-state index < -0.39 is 8.07 Å². The molecular weight excluding hydrogens is 204 g/mol. The average molecular weight is 224 g/mol. The first kappa shape index (κ1) is 11.7. The smallest absolute Gasteiger partial charge is 0.0770 e. The van der Waals surface area contributed by atoms with E-state index in [2.05, 4.69) is 50.1 Å². The van der Waals surface area contributed by atoms with Gasteiger partial charge in [0.1, 0.15) is 0 Å². The Labute approximate surface area is 92.7 Å². The minimum atomic E-state index is -1.05. The molecule has 0 fully saturated rings. The van der Waals surface area contributed by atoms with Gasteiger partial charge in [0.15, 0.2) is 0 Å². The van der Waals surface area contributed by atoms with E-state index in [-0.39, 0.29) is 0 Å². The third kappa shape index (κ3) is 2.82. The Morgan fingerprint density at radius 3 is 2.29 bits per heavy atom. The molecule has 0 saturated heterocycles. The Kier molecular flexibility index (Phi) is 4.62. The summed E-state index contributed by atoms with van der Waals surface area (Å²) in [5.41, 5.74) is 2.54. The van der Waals surface area contributed by atoms with E-state index in [4.69, 9.17) is 0 Å². The molecule has 1 aromatic heterocycles. The van der Waals surface area contributed by atoms with E-state index in [1.54, 1.807) is 0 Å². The van der Waals surface area contributed by atoms with E-state index in [9.17, 15) is 0 Å². The predicted octanol–water partition coefficient (Wildman–Crippen LogP) is 4.81. The van der Waals surface area contributed by atoms with Gasteiger partial charge in [-0.3, -0.25) is 0 Å². The lowest BCUT2D eigenvalue weighted by Crippen LogP contribution is -2.28. The van der Waals surface area contributed by atoms with Gasteiger partial charge in [0, 0.05) is 4.88 Å². The summed E-state index contributed by atoms with van der Waals surface area (Å²) >= 11 is 1.83. The van der Waals surface area contributed by atoms with Crippen molar-refractivity contribution in [1.29, 1.82) is 0 Å². The molecule has 0 aliphatic carbocycles. The summed E-state index contributed by atoms with van der Waals surface area (Å²) in [6, 6.07) is 8.45. The van der Waals surface area contributed by atoms with Gasteiger partial charge in [-0.1, -0.05) is 56.7 Å². The second-order valence-electron chi connectivity index (χ2n) is 3.77. The van der Waals surface area contributed by atoms with Crippen LogP contribution in [0.15, 0.2) is 23.2 Å². The first-order valence-electron chi connectivity index (χ1n) is 5.49. The summed E-state index contributed by atoms with van der Waals surface area (Å²) < 4.78 is 0. The van der Waals surface area contributed by atoms with Gasteiger partial charge >= 0.3 is 0 Å². The van der Waals surface area contributed by atoms with Gasteiger partial charge in [0.2, 0.25) is 0 Å². The molecule has 0 atom stereocenters. The van der Waals surface area contributed by atoms with Crippen molar-refractivity contribution in [3.05, 3.63) is 28.1 Å². The van der Waals surface area contributed by atoms with Gasteiger partial charge in [0.05, 0.1) is 8.07 Å². The van der Waals surface area contributed by atoms with E-state index >= 15 is 0 Å². The second kappa shape index (κ2) is 5.52. The van der Waals surface area contributed by atoms with Gasteiger partial charge in [-0.05, 0) is 11.4 Å². The largest absolute Gasteiger partial charge is 0.145 e. The zero-order valence-electron chi connectivity index (χ0n) is 9.42. The monoisotopic (exact) mass is 224 g/mol. The highest BCUT2D eigenvalue weighted by atomic mass is 32.1. The molecule has 0 unspecified atom stereocenters. The molecule has 0 amide bonds. The predicted molar refractivity (Wildman–Crippen MR) is 70.6 cm³/mol. The molecule has 0 N–H and O–H groups in total. The molecule has 0 nitrogen and oxygen atoms in total. The second-order valence-corrected chi connectivity index (χ2v) is 9.93. The van der Waals surface area contributed by atoms with Crippen LogP contribution in [0.2, 0.25) is 18.1 Å². The molecule has 14 heavy (non-hydrogen) atoms. The molecule has 1 heterocycles. The molecule has 0 aliphatic heterocycles. The summed E-state index contributed by atoms with van der Waals surface area (Å²) in [4.78, 5) is 1.40. The Morgan fingerprint density at radius 1 is 1.21 bits per heavy atom. The highest BCUT2D eigenvalue weighted by Crippen LogP contribution is 2.23. The van der Waals surface area contributed by atoms with Crippen molar-refractivity contribution in [1.82, 2.24) is 0 Å². The van der Waals surface area contributed by atoms with Crippen LogP contribution in [0.1, 0.15) is 25.6 Å². The van der Waals surface area contributed by atoms with Gasteiger partial charge in [-0.25, -0.2) is 0 Å². The molecule has 0 saturated carbocycles.